The molecule has 5 rings (SSSR count). The van der Waals surface area contributed by atoms with Crippen molar-refractivity contribution in [3.05, 3.63) is 36.8 Å². The number of rotatable bonds is 4. The standard InChI is InChI=1S/C18H20FN9/c1-20-17-16-11(13-3-4-15-21-6-8-27(15)24-13)5-7-28(16)25-18(23-17)22-14-10-26(2)9-12(14)19/h3-8,12,14H,9-10H2,1-2H3,(H2,20,22,23,25)/t12-,14+/m0/s1. The zero-order chi connectivity index (χ0) is 19.3. The van der Waals surface area contributed by atoms with Crippen molar-refractivity contribution in [3.63, 3.8) is 0 Å². The number of fused-ring (bicyclic) bond motifs is 2. The van der Waals surface area contributed by atoms with Gasteiger partial charge >= 0.3 is 0 Å². The molecule has 0 bridgehead atoms. The highest BCUT2D eigenvalue weighted by Gasteiger charge is 2.31. The molecule has 2 atom stereocenters. The van der Waals surface area contributed by atoms with E-state index in [1.165, 1.54) is 0 Å². The summed E-state index contributed by atoms with van der Waals surface area (Å²) >= 11 is 0. The number of hydrogen-bond donors (Lipinski definition) is 2. The van der Waals surface area contributed by atoms with Gasteiger partial charge in [0.2, 0.25) is 5.95 Å². The van der Waals surface area contributed by atoms with Crippen molar-refractivity contribution < 1.29 is 4.39 Å². The van der Waals surface area contributed by atoms with Gasteiger partial charge in [-0.15, -0.1) is 5.10 Å². The Bertz CT molecular complexity index is 1150. The summed E-state index contributed by atoms with van der Waals surface area (Å²) in [5.74, 6) is 1.03. The number of nitrogens with zero attached hydrogens (tertiary/aromatic N) is 7. The molecule has 5 heterocycles. The van der Waals surface area contributed by atoms with Crippen LogP contribution in [0.5, 0.6) is 0 Å². The van der Waals surface area contributed by atoms with E-state index in [-0.39, 0.29) is 6.04 Å². The van der Waals surface area contributed by atoms with E-state index in [9.17, 15) is 4.39 Å². The summed E-state index contributed by atoms with van der Waals surface area (Å²) in [6, 6.07) is 5.46. The highest BCUT2D eigenvalue weighted by molar-refractivity contribution is 5.87. The molecule has 9 nitrogen and oxygen atoms in total. The Morgan fingerprint density at radius 1 is 1.11 bits per heavy atom. The molecule has 0 saturated carbocycles. The van der Waals surface area contributed by atoms with Gasteiger partial charge in [-0.05, 0) is 25.2 Å². The van der Waals surface area contributed by atoms with Crippen LogP contribution in [0.4, 0.5) is 16.2 Å². The zero-order valence-electron chi connectivity index (χ0n) is 15.5. The number of alkyl halides is 1. The number of likely N-dealkylation sites (tertiary alicyclic amines) is 1. The van der Waals surface area contributed by atoms with E-state index in [1.807, 2.05) is 36.3 Å². The normalized spacial score (nSPS) is 20.2. The van der Waals surface area contributed by atoms with Crippen molar-refractivity contribution in [1.82, 2.24) is 34.1 Å². The minimum absolute atomic E-state index is 0.326. The first-order valence-corrected chi connectivity index (χ1v) is 9.09. The SMILES string of the molecule is CNc1nc(N[C@@H]2CN(C)C[C@@H]2F)nn2ccc(-c3ccc4nccn4n3)c12. The second-order valence-electron chi connectivity index (χ2n) is 6.99. The quantitative estimate of drug-likeness (QED) is 0.554. The van der Waals surface area contributed by atoms with Crippen LogP contribution >= 0.6 is 0 Å². The average Bonchev–Trinajstić information content (AvgIpc) is 3.39. The number of anilines is 2. The van der Waals surface area contributed by atoms with Crippen LogP contribution in [0.2, 0.25) is 0 Å². The molecule has 4 aromatic heterocycles. The summed E-state index contributed by atoms with van der Waals surface area (Å²) in [4.78, 5) is 10.7. The Morgan fingerprint density at radius 2 is 2.00 bits per heavy atom. The van der Waals surface area contributed by atoms with Gasteiger partial charge in [-0.3, -0.25) is 0 Å². The summed E-state index contributed by atoms with van der Waals surface area (Å²) in [6.07, 6.45) is 4.42. The van der Waals surface area contributed by atoms with Crippen molar-refractivity contribution >= 4 is 22.9 Å². The monoisotopic (exact) mass is 381 g/mol. The number of imidazole rings is 1. The maximum Gasteiger partial charge on any atom is 0.243 e. The Kier molecular flexibility index (Phi) is 3.86. The third kappa shape index (κ3) is 2.73. The minimum atomic E-state index is -0.950. The molecular formula is C18H20FN9. The summed E-state index contributed by atoms with van der Waals surface area (Å²) in [7, 11) is 3.70. The molecule has 1 fully saturated rings. The summed E-state index contributed by atoms with van der Waals surface area (Å²) in [5.41, 5.74) is 3.28. The molecule has 28 heavy (non-hydrogen) atoms. The van der Waals surface area contributed by atoms with Crippen LogP contribution in [0.1, 0.15) is 0 Å². The largest absolute Gasteiger partial charge is 0.371 e. The maximum absolute atomic E-state index is 14.1. The van der Waals surface area contributed by atoms with E-state index >= 15 is 0 Å². The maximum atomic E-state index is 14.1. The van der Waals surface area contributed by atoms with Crippen LogP contribution in [0.15, 0.2) is 36.8 Å². The number of aromatic nitrogens is 6. The predicted molar refractivity (Wildman–Crippen MR) is 104 cm³/mol. The van der Waals surface area contributed by atoms with Crippen molar-refractivity contribution in [1.29, 1.82) is 0 Å². The first kappa shape index (κ1) is 16.9. The third-order valence-electron chi connectivity index (χ3n) is 5.02. The molecule has 1 saturated heterocycles. The Labute approximate surface area is 160 Å². The summed E-state index contributed by atoms with van der Waals surface area (Å²) in [5, 5.41) is 15.4. The van der Waals surface area contributed by atoms with Gasteiger partial charge in [0.25, 0.3) is 0 Å². The van der Waals surface area contributed by atoms with Crippen LogP contribution < -0.4 is 10.6 Å². The molecule has 0 amide bonds. The van der Waals surface area contributed by atoms with E-state index in [0.717, 1.165) is 22.4 Å². The zero-order valence-corrected chi connectivity index (χ0v) is 15.5. The lowest BCUT2D eigenvalue weighted by Gasteiger charge is -2.15. The highest BCUT2D eigenvalue weighted by Crippen LogP contribution is 2.29. The fraction of sp³-hybridized carbons (Fsp3) is 0.333. The average molecular weight is 381 g/mol. The van der Waals surface area contributed by atoms with Crippen molar-refractivity contribution in [2.75, 3.05) is 37.8 Å². The highest BCUT2D eigenvalue weighted by atomic mass is 19.1. The minimum Gasteiger partial charge on any atom is -0.371 e. The fourth-order valence-electron chi connectivity index (χ4n) is 3.68. The number of nitrogens with one attached hydrogen (secondary N) is 2. The van der Waals surface area contributed by atoms with Gasteiger partial charge in [0.05, 0.1) is 11.7 Å². The lowest BCUT2D eigenvalue weighted by atomic mass is 10.2. The second-order valence-corrected chi connectivity index (χ2v) is 6.99. The molecule has 0 unspecified atom stereocenters. The molecule has 0 radical (unpaired) electrons. The number of halogens is 1. The van der Waals surface area contributed by atoms with Crippen LogP contribution in [0.3, 0.4) is 0 Å². The fourth-order valence-corrected chi connectivity index (χ4v) is 3.68. The Hall–Kier alpha value is -3.27. The summed E-state index contributed by atoms with van der Waals surface area (Å²) < 4.78 is 17.6. The van der Waals surface area contributed by atoms with Gasteiger partial charge in [0.15, 0.2) is 11.5 Å². The van der Waals surface area contributed by atoms with E-state index in [2.05, 4.69) is 30.8 Å². The predicted octanol–water partition coefficient (Wildman–Crippen LogP) is 1.54. The van der Waals surface area contributed by atoms with Crippen molar-refractivity contribution in [3.8, 4) is 11.3 Å². The van der Waals surface area contributed by atoms with Gasteiger partial charge in [0.1, 0.15) is 11.7 Å². The van der Waals surface area contributed by atoms with E-state index < -0.39 is 6.17 Å². The van der Waals surface area contributed by atoms with E-state index in [4.69, 9.17) is 0 Å². The van der Waals surface area contributed by atoms with Gasteiger partial charge in [-0.25, -0.2) is 18.4 Å². The second kappa shape index (κ2) is 6.41. The molecule has 0 spiro atoms. The Balaban J connectivity index is 1.55. The van der Waals surface area contributed by atoms with Gasteiger partial charge in [-0.2, -0.15) is 10.1 Å². The first-order chi connectivity index (χ1) is 13.6. The van der Waals surface area contributed by atoms with E-state index in [1.54, 1.807) is 28.5 Å². The molecule has 1 aliphatic rings. The van der Waals surface area contributed by atoms with Gasteiger partial charge in [-0.1, -0.05) is 0 Å². The van der Waals surface area contributed by atoms with E-state index in [0.29, 0.717) is 24.9 Å². The molecule has 4 aromatic rings. The van der Waals surface area contributed by atoms with Crippen molar-refractivity contribution in [2.45, 2.75) is 12.2 Å². The molecule has 0 aliphatic carbocycles. The number of hydrogen-bond acceptors (Lipinski definition) is 7. The topological polar surface area (TPSA) is 87.7 Å². The molecule has 10 heteroatoms. The lowest BCUT2D eigenvalue weighted by molar-refractivity contribution is 0.314. The third-order valence-corrected chi connectivity index (χ3v) is 5.02. The van der Waals surface area contributed by atoms with Crippen LogP contribution in [0, 0.1) is 0 Å². The molecular weight excluding hydrogens is 361 g/mol. The molecule has 0 aromatic carbocycles. The van der Waals surface area contributed by atoms with Crippen LogP contribution in [-0.4, -0.2) is 73.5 Å². The first-order valence-electron chi connectivity index (χ1n) is 9.09. The van der Waals surface area contributed by atoms with Gasteiger partial charge < -0.3 is 15.5 Å². The molecule has 1 aliphatic heterocycles. The van der Waals surface area contributed by atoms with Crippen LogP contribution in [-0.2, 0) is 0 Å². The van der Waals surface area contributed by atoms with Crippen LogP contribution in [0.25, 0.3) is 22.4 Å². The van der Waals surface area contributed by atoms with Gasteiger partial charge in [0, 0.05) is 44.3 Å². The Morgan fingerprint density at radius 3 is 2.79 bits per heavy atom. The molecule has 2 N–H and O–H groups in total. The molecule has 144 valence electrons. The number of likely N-dealkylation sites (N-methyl/N-ethyl adjacent to an activating group) is 1. The smallest absolute Gasteiger partial charge is 0.243 e. The summed E-state index contributed by atoms with van der Waals surface area (Å²) in [6.45, 7) is 1.03. The lowest BCUT2D eigenvalue weighted by Crippen LogP contribution is -2.30. The van der Waals surface area contributed by atoms with Crippen molar-refractivity contribution in [2.24, 2.45) is 0 Å².